The van der Waals surface area contributed by atoms with Crippen molar-refractivity contribution in [1.29, 1.82) is 0 Å². The minimum absolute atomic E-state index is 0.0601. The molecule has 39 heavy (non-hydrogen) atoms. The van der Waals surface area contributed by atoms with Crippen molar-refractivity contribution in [2.24, 2.45) is 17.7 Å². The van der Waals surface area contributed by atoms with E-state index in [0.717, 1.165) is 42.5 Å². The molecule has 1 aliphatic rings. The quantitative estimate of drug-likeness (QED) is 0.153. The van der Waals surface area contributed by atoms with Crippen LogP contribution in [-0.4, -0.2) is 31.8 Å². The van der Waals surface area contributed by atoms with Crippen molar-refractivity contribution >= 4 is 22.2 Å². The largest absolute Gasteiger partial charge is 0.330 e. The Labute approximate surface area is 228 Å². The third kappa shape index (κ3) is 6.58. The van der Waals surface area contributed by atoms with E-state index in [1.807, 2.05) is 21.7 Å². The second-order valence-electron chi connectivity index (χ2n) is 10.7. The molecule has 8 nitrogen and oxygen atoms in total. The van der Waals surface area contributed by atoms with Gasteiger partial charge in [-0.3, -0.25) is 20.8 Å². The van der Waals surface area contributed by atoms with Gasteiger partial charge in [0.1, 0.15) is 5.78 Å². The Morgan fingerprint density at radius 1 is 1.05 bits per heavy atom. The standard InChI is InChI=1S/C31H35N5O3/c32-35(20-26-11-6-10-24-9-4-5-12-29(24)26)21-30(25-7-2-1-3-8-25)31(37)17-28-18-33-22-34(28)19-23-13-15-27(16-14-23)36(38)39/h4-6,9-16,18,22,25,30H,1-3,7-8,17,19-21,32H2. The Morgan fingerprint density at radius 2 is 1.79 bits per heavy atom. The fraction of sp³-hybridized carbons (Fsp3) is 0.355. The van der Waals surface area contributed by atoms with Crippen LogP contribution in [0.4, 0.5) is 5.69 Å². The number of hydrogen-bond acceptors (Lipinski definition) is 6. The molecule has 0 spiro atoms. The number of nitro benzene ring substituents is 1. The summed E-state index contributed by atoms with van der Waals surface area (Å²) in [5.41, 5.74) is 2.98. The molecule has 0 radical (unpaired) electrons. The Bertz CT molecular complexity index is 1420. The molecule has 5 rings (SSSR count). The number of nitrogens with two attached hydrogens (primary N) is 1. The normalized spacial score (nSPS) is 15.0. The topological polar surface area (TPSA) is 107 Å². The van der Waals surface area contributed by atoms with E-state index in [2.05, 4.69) is 35.3 Å². The van der Waals surface area contributed by atoms with Crippen LogP contribution in [0.1, 0.15) is 48.9 Å². The van der Waals surface area contributed by atoms with Crippen molar-refractivity contribution in [2.75, 3.05) is 6.54 Å². The van der Waals surface area contributed by atoms with E-state index in [1.165, 1.54) is 29.3 Å². The molecule has 1 heterocycles. The van der Waals surface area contributed by atoms with E-state index < -0.39 is 4.92 Å². The molecule has 2 N–H and O–H groups in total. The van der Waals surface area contributed by atoms with Crippen molar-refractivity contribution in [3.63, 3.8) is 0 Å². The lowest BCUT2D eigenvalue weighted by molar-refractivity contribution is -0.384. The van der Waals surface area contributed by atoms with Gasteiger partial charge in [0.2, 0.25) is 0 Å². The van der Waals surface area contributed by atoms with Crippen LogP contribution in [0.5, 0.6) is 0 Å². The van der Waals surface area contributed by atoms with Gasteiger partial charge in [0.25, 0.3) is 5.69 Å². The summed E-state index contributed by atoms with van der Waals surface area (Å²) in [6, 6.07) is 21.1. The smallest absolute Gasteiger partial charge is 0.269 e. The molecule has 1 aliphatic carbocycles. The maximum atomic E-state index is 13.8. The first-order valence-electron chi connectivity index (χ1n) is 13.7. The number of benzene rings is 3. The van der Waals surface area contributed by atoms with E-state index in [1.54, 1.807) is 24.7 Å². The van der Waals surface area contributed by atoms with E-state index in [4.69, 9.17) is 5.84 Å². The number of carbonyl (C=O) groups excluding carboxylic acids is 1. The average molecular weight is 526 g/mol. The Balaban J connectivity index is 1.30. The van der Waals surface area contributed by atoms with Crippen molar-refractivity contribution in [1.82, 2.24) is 14.6 Å². The number of Topliss-reactive ketones (excluding diaryl/α,β-unsaturated/α-hetero) is 1. The van der Waals surface area contributed by atoms with Gasteiger partial charge in [-0.25, -0.2) is 9.99 Å². The number of non-ortho nitro benzene ring substituents is 1. The van der Waals surface area contributed by atoms with Gasteiger partial charge in [-0.2, -0.15) is 0 Å². The average Bonchev–Trinajstić information content (AvgIpc) is 3.38. The Hall–Kier alpha value is -3.88. The van der Waals surface area contributed by atoms with E-state index in [0.29, 0.717) is 25.6 Å². The van der Waals surface area contributed by atoms with Crippen LogP contribution < -0.4 is 5.84 Å². The van der Waals surface area contributed by atoms with Crippen LogP contribution in [0.3, 0.4) is 0 Å². The maximum Gasteiger partial charge on any atom is 0.269 e. The summed E-state index contributed by atoms with van der Waals surface area (Å²) in [5.74, 6) is 6.98. The zero-order valence-corrected chi connectivity index (χ0v) is 22.1. The minimum Gasteiger partial charge on any atom is -0.330 e. The highest BCUT2D eigenvalue weighted by Crippen LogP contribution is 2.32. The molecule has 0 saturated heterocycles. The third-order valence-corrected chi connectivity index (χ3v) is 7.97. The molecule has 3 aromatic carbocycles. The van der Waals surface area contributed by atoms with Gasteiger partial charge in [0.15, 0.2) is 0 Å². The fourth-order valence-electron chi connectivity index (χ4n) is 5.88. The summed E-state index contributed by atoms with van der Waals surface area (Å²) in [5, 5.41) is 15.2. The molecule has 8 heteroatoms. The summed E-state index contributed by atoms with van der Waals surface area (Å²) < 4.78 is 1.95. The highest BCUT2D eigenvalue weighted by molar-refractivity contribution is 5.85. The van der Waals surface area contributed by atoms with Crippen LogP contribution in [0.15, 0.2) is 79.3 Å². The number of nitro groups is 1. The summed E-state index contributed by atoms with van der Waals surface area (Å²) in [6.45, 7) is 1.60. The monoisotopic (exact) mass is 525 g/mol. The summed E-state index contributed by atoms with van der Waals surface area (Å²) >= 11 is 0. The second-order valence-corrected chi connectivity index (χ2v) is 10.7. The lowest BCUT2D eigenvalue weighted by Crippen LogP contribution is -2.42. The summed E-state index contributed by atoms with van der Waals surface area (Å²) in [6.07, 6.45) is 9.40. The summed E-state index contributed by atoms with van der Waals surface area (Å²) in [4.78, 5) is 28.7. The molecule has 0 amide bonds. The van der Waals surface area contributed by atoms with Crippen LogP contribution >= 0.6 is 0 Å². The molecule has 1 saturated carbocycles. The Kier molecular flexibility index (Phi) is 8.44. The van der Waals surface area contributed by atoms with Crippen LogP contribution in [0.2, 0.25) is 0 Å². The first-order chi connectivity index (χ1) is 19.0. The van der Waals surface area contributed by atoms with E-state index >= 15 is 0 Å². The van der Waals surface area contributed by atoms with Gasteiger partial charge in [-0.15, -0.1) is 0 Å². The molecule has 4 aromatic rings. The number of imidazole rings is 1. The van der Waals surface area contributed by atoms with Crippen molar-refractivity contribution in [2.45, 2.75) is 51.6 Å². The van der Waals surface area contributed by atoms with Gasteiger partial charge >= 0.3 is 0 Å². The zero-order valence-electron chi connectivity index (χ0n) is 22.1. The zero-order chi connectivity index (χ0) is 27.2. The number of nitrogens with zero attached hydrogens (tertiary/aromatic N) is 4. The van der Waals surface area contributed by atoms with Gasteiger partial charge in [0.05, 0.1) is 11.3 Å². The minimum atomic E-state index is -0.405. The number of ketones is 1. The van der Waals surface area contributed by atoms with Crippen molar-refractivity contribution in [3.8, 4) is 0 Å². The molecular formula is C31H35N5O3. The van der Waals surface area contributed by atoms with E-state index in [-0.39, 0.29) is 23.8 Å². The van der Waals surface area contributed by atoms with Crippen molar-refractivity contribution in [3.05, 3.63) is 106 Å². The van der Waals surface area contributed by atoms with Crippen LogP contribution in [0.25, 0.3) is 10.8 Å². The number of rotatable bonds is 11. The Morgan fingerprint density at radius 3 is 2.56 bits per heavy atom. The second kappa shape index (κ2) is 12.3. The highest BCUT2D eigenvalue weighted by atomic mass is 16.6. The highest BCUT2D eigenvalue weighted by Gasteiger charge is 2.31. The predicted molar refractivity (Wildman–Crippen MR) is 152 cm³/mol. The van der Waals surface area contributed by atoms with Crippen LogP contribution in [-0.2, 0) is 24.3 Å². The molecule has 1 aromatic heterocycles. The molecule has 1 unspecified atom stereocenters. The molecule has 0 bridgehead atoms. The number of hydrazine groups is 1. The first kappa shape index (κ1) is 26.7. The molecular weight excluding hydrogens is 490 g/mol. The molecule has 0 aliphatic heterocycles. The lowest BCUT2D eigenvalue weighted by Gasteiger charge is -2.32. The summed E-state index contributed by atoms with van der Waals surface area (Å²) in [7, 11) is 0. The molecule has 1 atom stereocenters. The molecule has 202 valence electrons. The SMILES string of the molecule is NN(Cc1cccc2ccccc12)CC(C(=O)Cc1cncn1Cc1ccc([N+](=O)[O-])cc1)C1CCCCC1. The van der Waals surface area contributed by atoms with Crippen molar-refractivity contribution < 1.29 is 9.72 Å². The van der Waals surface area contributed by atoms with Gasteiger partial charge in [0, 0.05) is 56.0 Å². The van der Waals surface area contributed by atoms with E-state index in [9.17, 15) is 14.9 Å². The predicted octanol–water partition coefficient (Wildman–Crippen LogP) is 5.68. The van der Waals surface area contributed by atoms with Gasteiger partial charge in [-0.1, -0.05) is 73.9 Å². The number of hydrogen-bond donors (Lipinski definition) is 1. The van der Waals surface area contributed by atoms with Crippen LogP contribution in [0, 0.1) is 22.0 Å². The fourth-order valence-corrected chi connectivity index (χ4v) is 5.88. The lowest BCUT2D eigenvalue weighted by atomic mass is 9.77. The maximum absolute atomic E-state index is 13.8. The van der Waals surface area contributed by atoms with Gasteiger partial charge in [-0.05, 0) is 40.7 Å². The number of fused-ring (bicyclic) bond motifs is 1. The molecule has 1 fully saturated rings. The number of carbonyl (C=O) groups is 1. The number of aromatic nitrogens is 2. The third-order valence-electron chi connectivity index (χ3n) is 7.97. The van der Waals surface area contributed by atoms with Gasteiger partial charge < -0.3 is 4.57 Å². The first-order valence-corrected chi connectivity index (χ1v) is 13.7.